The lowest BCUT2D eigenvalue weighted by Crippen LogP contribution is -2.49. The van der Waals surface area contributed by atoms with Crippen molar-refractivity contribution in [3.63, 3.8) is 0 Å². The van der Waals surface area contributed by atoms with Crippen molar-refractivity contribution in [2.24, 2.45) is 5.73 Å². The molecule has 4 heteroatoms. The summed E-state index contributed by atoms with van der Waals surface area (Å²) in [6.07, 6.45) is 2.71. The van der Waals surface area contributed by atoms with E-state index in [-0.39, 0.29) is 12.1 Å². The van der Waals surface area contributed by atoms with Crippen LogP contribution in [0.4, 0.5) is 0 Å². The summed E-state index contributed by atoms with van der Waals surface area (Å²) in [4.78, 5) is 0. The van der Waals surface area contributed by atoms with E-state index in [2.05, 4.69) is 24.4 Å². The van der Waals surface area contributed by atoms with Gasteiger partial charge in [0.25, 0.3) is 0 Å². The fourth-order valence-electron chi connectivity index (χ4n) is 1.94. The number of aryl methyl sites for hydroxylation is 1. The minimum atomic E-state index is -0.0743. The number of aliphatic hydroxyl groups excluding tert-OH is 1. The maximum atomic E-state index is 8.81. The summed E-state index contributed by atoms with van der Waals surface area (Å²) in [5.74, 6) is 0.881. The molecule has 0 aliphatic rings. The summed E-state index contributed by atoms with van der Waals surface area (Å²) < 4.78 is 5.15. The van der Waals surface area contributed by atoms with Crippen LogP contribution in [0.1, 0.15) is 25.3 Å². The van der Waals surface area contributed by atoms with Gasteiger partial charge in [0.2, 0.25) is 0 Å². The molecule has 1 atom stereocenters. The topological polar surface area (TPSA) is 67.5 Å². The zero-order chi connectivity index (χ0) is 14.1. The Morgan fingerprint density at radius 1 is 1.32 bits per heavy atom. The van der Waals surface area contributed by atoms with Gasteiger partial charge < -0.3 is 20.9 Å². The average molecular weight is 266 g/mol. The van der Waals surface area contributed by atoms with Gasteiger partial charge >= 0.3 is 0 Å². The maximum absolute atomic E-state index is 8.81. The summed E-state index contributed by atoms with van der Waals surface area (Å²) in [6.45, 7) is 3.74. The Bertz CT molecular complexity index is 354. The summed E-state index contributed by atoms with van der Waals surface area (Å²) in [7, 11) is 1.67. The van der Waals surface area contributed by atoms with Gasteiger partial charge in [0, 0.05) is 18.7 Å². The second-order valence-corrected chi connectivity index (χ2v) is 5.12. The molecule has 1 unspecified atom stereocenters. The first-order chi connectivity index (χ1) is 9.13. The van der Waals surface area contributed by atoms with E-state index in [4.69, 9.17) is 15.6 Å². The molecule has 0 saturated heterocycles. The SMILES string of the molecule is COc1ccc(CCC(C)(CN)NCCCO)cc1. The molecule has 1 aromatic carbocycles. The molecule has 1 rings (SSSR count). The van der Waals surface area contributed by atoms with Crippen LogP contribution in [0.15, 0.2) is 24.3 Å². The molecule has 0 fully saturated rings. The van der Waals surface area contributed by atoms with Gasteiger partial charge in [-0.2, -0.15) is 0 Å². The molecule has 4 nitrogen and oxygen atoms in total. The number of nitrogens with two attached hydrogens (primary N) is 1. The van der Waals surface area contributed by atoms with Crippen LogP contribution in [0.25, 0.3) is 0 Å². The maximum Gasteiger partial charge on any atom is 0.118 e. The molecule has 1 aromatic rings. The van der Waals surface area contributed by atoms with Gasteiger partial charge in [0.15, 0.2) is 0 Å². The first kappa shape index (κ1) is 16.0. The summed E-state index contributed by atoms with van der Waals surface area (Å²) in [5, 5.41) is 12.2. The number of rotatable bonds is 9. The van der Waals surface area contributed by atoms with Crippen LogP contribution >= 0.6 is 0 Å². The molecule has 0 aliphatic carbocycles. The van der Waals surface area contributed by atoms with Gasteiger partial charge in [0.1, 0.15) is 5.75 Å². The highest BCUT2D eigenvalue weighted by Crippen LogP contribution is 2.16. The van der Waals surface area contributed by atoms with E-state index in [9.17, 15) is 0 Å². The van der Waals surface area contributed by atoms with Gasteiger partial charge in [-0.25, -0.2) is 0 Å². The minimum absolute atomic E-state index is 0.0743. The lowest BCUT2D eigenvalue weighted by molar-refractivity contribution is 0.268. The molecule has 0 bridgehead atoms. The second-order valence-electron chi connectivity index (χ2n) is 5.12. The normalized spacial score (nSPS) is 14.1. The Morgan fingerprint density at radius 2 is 2.00 bits per heavy atom. The second kappa shape index (κ2) is 8.15. The smallest absolute Gasteiger partial charge is 0.118 e. The number of benzene rings is 1. The third-order valence-electron chi connectivity index (χ3n) is 3.46. The lowest BCUT2D eigenvalue weighted by atomic mass is 9.93. The predicted octanol–water partition coefficient (Wildman–Crippen LogP) is 1.32. The molecule has 0 spiro atoms. The van der Waals surface area contributed by atoms with Gasteiger partial charge in [-0.3, -0.25) is 0 Å². The quantitative estimate of drug-likeness (QED) is 0.590. The molecule has 0 amide bonds. The fraction of sp³-hybridized carbons (Fsp3) is 0.600. The Kier molecular flexibility index (Phi) is 6.84. The molecule has 0 saturated carbocycles. The molecular weight excluding hydrogens is 240 g/mol. The van der Waals surface area contributed by atoms with Crippen molar-refractivity contribution in [1.82, 2.24) is 5.32 Å². The van der Waals surface area contributed by atoms with Gasteiger partial charge in [-0.1, -0.05) is 12.1 Å². The zero-order valence-corrected chi connectivity index (χ0v) is 12.0. The summed E-state index contributed by atoms with van der Waals surface area (Å²) in [6, 6.07) is 8.13. The Morgan fingerprint density at radius 3 is 2.53 bits per heavy atom. The van der Waals surface area contributed by atoms with Crippen LogP contribution < -0.4 is 15.8 Å². The van der Waals surface area contributed by atoms with Crippen LogP contribution in [0.3, 0.4) is 0 Å². The number of hydrogen-bond donors (Lipinski definition) is 3. The van der Waals surface area contributed by atoms with Crippen molar-refractivity contribution in [3.8, 4) is 5.75 Å². The molecule has 0 aromatic heterocycles. The molecule has 108 valence electrons. The van der Waals surface area contributed by atoms with E-state index in [1.807, 2.05) is 12.1 Å². The predicted molar refractivity (Wildman–Crippen MR) is 78.5 cm³/mol. The highest BCUT2D eigenvalue weighted by Gasteiger charge is 2.20. The molecule has 0 aliphatic heterocycles. The van der Waals surface area contributed by atoms with Crippen LogP contribution in [0.2, 0.25) is 0 Å². The van der Waals surface area contributed by atoms with Gasteiger partial charge in [-0.15, -0.1) is 0 Å². The number of ether oxygens (including phenoxy) is 1. The van der Waals surface area contributed by atoms with Crippen molar-refractivity contribution < 1.29 is 9.84 Å². The van der Waals surface area contributed by atoms with Crippen LogP contribution in [0.5, 0.6) is 5.75 Å². The van der Waals surface area contributed by atoms with E-state index in [1.165, 1.54) is 5.56 Å². The van der Waals surface area contributed by atoms with Gasteiger partial charge in [0.05, 0.1) is 7.11 Å². The van der Waals surface area contributed by atoms with E-state index in [1.54, 1.807) is 7.11 Å². The molecule has 19 heavy (non-hydrogen) atoms. The number of methoxy groups -OCH3 is 1. The highest BCUT2D eigenvalue weighted by molar-refractivity contribution is 5.27. The lowest BCUT2D eigenvalue weighted by Gasteiger charge is -2.29. The van der Waals surface area contributed by atoms with Crippen molar-refractivity contribution in [2.75, 3.05) is 26.8 Å². The third kappa shape index (κ3) is 5.59. The molecule has 0 heterocycles. The summed E-state index contributed by atoms with van der Waals surface area (Å²) in [5.41, 5.74) is 7.06. The fourth-order valence-corrected chi connectivity index (χ4v) is 1.94. The van der Waals surface area contributed by atoms with E-state index in [0.29, 0.717) is 6.54 Å². The van der Waals surface area contributed by atoms with Crippen LogP contribution in [-0.4, -0.2) is 37.5 Å². The number of aliphatic hydroxyl groups is 1. The highest BCUT2D eigenvalue weighted by atomic mass is 16.5. The van der Waals surface area contributed by atoms with Crippen molar-refractivity contribution in [1.29, 1.82) is 0 Å². The monoisotopic (exact) mass is 266 g/mol. The van der Waals surface area contributed by atoms with E-state index in [0.717, 1.165) is 31.6 Å². The zero-order valence-electron chi connectivity index (χ0n) is 12.0. The minimum Gasteiger partial charge on any atom is -0.497 e. The van der Waals surface area contributed by atoms with Crippen LogP contribution in [0, 0.1) is 0 Å². The third-order valence-corrected chi connectivity index (χ3v) is 3.46. The average Bonchev–Trinajstić information content (AvgIpc) is 2.46. The van der Waals surface area contributed by atoms with E-state index < -0.39 is 0 Å². The Hall–Kier alpha value is -1.10. The Labute approximate surface area is 116 Å². The van der Waals surface area contributed by atoms with Crippen molar-refractivity contribution in [2.45, 2.75) is 31.7 Å². The molecular formula is C15H26N2O2. The molecule has 0 radical (unpaired) electrons. The Balaban J connectivity index is 2.46. The van der Waals surface area contributed by atoms with E-state index >= 15 is 0 Å². The first-order valence-electron chi connectivity index (χ1n) is 6.82. The largest absolute Gasteiger partial charge is 0.497 e. The number of hydrogen-bond acceptors (Lipinski definition) is 4. The summed E-state index contributed by atoms with van der Waals surface area (Å²) >= 11 is 0. The van der Waals surface area contributed by atoms with Crippen molar-refractivity contribution in [3.05, 3.63) is 29.8 Å². The standard InChI is InChI=1S/C15H26N2O2/c1-15(12-16,17-10-3-11-18)9-8-13-4-6-14(19-2)7-5-13/h4-7,17-18H,3,8-12,16H2,1-2H3. The first-order valence-corrected chi connectivity index (χ1v) is 6.82. The van der Waals surface area contributed by atoms with Crippen molar-refractivity contribution >= 4 is 0 Å². The number of nitrogens with one attached hydrogen (secondary N) is 1. The van der Waals surface area contributed by atoms with Crippen LogP contribution in [-0.2, 0) is 6.42 Å². The van der Waals surface area contributed by atoms with Gasteiger partial charge in [-0.05, 0) is 50.4 Å². The molecule has 4 N–H and O–H groups in total.